The molecule has 25 nitrogen and oxygen atoms in total. The Kier molecular flexibility index (Phi) is 110. The molecule has 0 radical (unpaired) electrons. The number of nitrogens with zero attached hydrogens (tertiary/aromatic N) is 1. The Hall–Kier alpha value is -12.2. The molecule has 0 aromatic heterocycles. The highest BCUT2D eigenvalue weighted by atomic mass is 16.5. The number of hydrogen-bond donors (Lipinski definition) is 4. The Balaban J connectivity index is -0.0000000793. The van der Waals surface area contributed by atoms with Crippen molar-refractivity contribution in [1.82, 2.24) is 26.2 Å². The molecular formula is C89H139N5O20. The van der Waals surface area contributed by atoms with E-state index in [0.29, 0.717) is 0 Å². The summed E-state index contributed by atoms with van der Waals surface area (Å²) in [6.07, 6.45) is 13.4. The summed E-state index contributed by atoms with van der Waals surface area (Å²) in [6, 6.07) is 26.7. The van der Waals surface area contributed by atoms with Crippen LogP contribution in [0.3, 0.4) is 0 Å². The molecule has 0 spiro atoms. The fourth-order valence-corrected chi connectivity index (χ4v) is 5.42. The minimum atomic E-state index is -0.716. The topological polar surface area (TPSA) is 369 Å². The van der Waals surface area contributed by atoms with Gasteiger partial charge in [-0.1, -0.05) is 156 Å². The maximum atomic E-state index is 10.9. The smallest absolute Gasteiger partial charge is 0.333 e. The van der Waals surface area contributed by atoms with E-state index in [4.69, 9.17) is 0 Å². The number of ketones is 7. The first kappa shape index (κ1) is 134. The van der Waals surface area contributed by atoms with Crippen molar-refractivity contribution in [2.24, 2.45) is 0 Å². The zero-order chi connectivity index (χ0) is 93.5. The third-order valence-electron chi connectivity index (χ3n) is 10.5. The molecule has 1 aliphatic rings. The number of amides is 7. The second-order valence-corrected chi connectivity index (χ2v) is 22.4. The van der Waals surface area contributed by atoms with Crippen molar-refractivity contribution in [2.75, 3.05) is 28.4 Å². The first-order valence-corrected chi connectivity index (χ1v) is 35.2. The van der Waals surface area contributed by atoms with Crippen molar-refractivity contribution in [3.8, 4) is 0 Å². The number of carbonyl (C=O) groups is 17. The predicted molar refractivity (Wildman–Crippen MR) is 463 cm³/mol. The van der Waals surface area contributed by atoms with Crippen LogP contribution in [0.15, 0.2) is 210 Å². The number of nitrogens with one attached hydrogen (secondary N) is 4. The predicted octanol–water partition coefficient (Wildman–Crippen LogP) is 16.0. The highest BCUT2D eigenvalue weighted by molar-refractivity contribution is 6.12. The summed E-state index contributed by atoms with van der Waals surface area (Å²) in [4.78, 5) is 177. The van der Waals surface area contributed by atoms with Crippen LogP contribution < -0.4 is 21.3 Å². The Bertz CT molecular complexity index is 3350. The van der Waals surface area contributed by atoms with Crippen molar-refractivity contribution in [3.63, 3.8) is 0 Å². The van der Waals surface area contributed by atoms with Crippen molar-refractivity contribution >= 4 is 99.7 Å². The van der Waals surface area contributed by atoms with Crippen LogP contribution >= 0.6 is 0 Å². The molecule has 114 heavy (non-hydrogen) atoms. The van der Waals surface area contributed by atoms with E-state index in [9.17, 15) is 81.5 Å². The van der Waals surface area contributed by atoms with E-state index in [1.54, 1.807) is 58.2 Å². The van der Waals surface area contributed by atoms with Crippen LogP contribution in [0.2, 0.25) is 0 Å². The van der Waals surface area contributed by atoms with Crippen LogP contribution in [0.25, 0.3) is 0 Å². The van der Waals surface area contributed by atoms with Gasteiger partial charge in [-0.05, 0) is 141 Å². The summed E-state index contributed by atoms with van der Waals surface area (Å²) < 4.78 is 12.9. The number of allylic oxidation sites excluding steroid dienone is 5. The summed E-state index contributed by atoms with van der Waals surface area (Å²) in [6.45, 7) is 72.5. The molecule has 0 fully saturated rings. The number of esters is 3. The average molecular weight is 1600 g/mol. The molecule has 0 saturated heterocycles. The van der Waals surface area contributed by atoms with Crippen LogP contribution in [0.5, 0.6) is 0 Å². The molecule has 1 aliphatic heterocycles. The van der Waals surface area contributed by atoms with Gasteiger partial charge in [-0.2, -0.15) is 0 Å². The highest BCUT2D eigenvalue weighted by Crippen LogP contribution is 2.19. The van der Waals surface area contributed by atoms with Crippen molar-refractivity contribution in [3.05, 3.63) is 232 Å². The maximum absolute atomic E-state index is 10.9. The number of likely N-dealkylation sites (N-methyl/N-ethyl adjacent to an activating group) is 1. The lowest BCUT2D eigenvalue weighted by Crippen LogP contribution is -2.47. The fourth-order valence-electron chi connectivity index (χ4n) is 5.42. The van der Waals surface area contributed by atoms with E-state index in [0.717, 1.165) is 33.7 Å². The second kappa shape index (κ2) is 93.2. The van der Waals surface area contributed by atoms with Gasteiger partial charge in [-0.25, -0.2) is 9.59 Å². The monoisotopic (exact) mass is 1600 g/mol. The van der Waals surface area contributed by atoms with Gasteiger partial charge in [0.1, 0.15) is 11.6 Å². The standard InChI is InChI=1S/C11H15NO.C9H10O.C8H8O.C7H13NO2.2C7H10O3.C6H8O3.C5H5NO2.C5H9NO.C4H7NO2.C3H6O.3C3H6.2C2H6.2C2H4/c1-9(13)12-11(2,3)10-7-5-4-6-8-10;1-7-3-5-9(6-4-7)8(2)10;1-7(9)8-5-3-2-4-6-8;1-5(9)7(3,4)8-6(2)10;1-5(6(2)8)4-7(9)10-3;1-5(4-6(2)8)7(9)10-3;1-5(7)3-4-6(8)9-2;1-6-4(7)2-3-5(6)8;1-3-4-6-5(2)7;1-3(6)5-4(2)7;1-3(2)4;3*1-3-2;4*1-2/h4-8H,1-3H3,(H,12,13);3-6H,1-2H3;2-6H,1H3;1-4H3,(H,8,10);2*1,4H2,2-3H3;3-4H,1-2H3;2-3H,1H3;3-4H,1-2H3,(H,6,7);1-2H3,(H,5,6,7);1-2H3;3*3H,1H2,2H3;2*1-2H3;2*1-2H2/b;;;;;;4-3-;;;;;;;;;;;. The van der Waals surface area contributed by atoms with Crippen molar-refractivity contribution < 1.29 is 95.7 Å². The average Bonchev–Trinajstić information content (AvgIpc) is 1.07. The Morgan fingerprint density at radius 3 is 1.04 bits per heavy atom. The zero-order valence-electron chi connectivity index (χ0n) is 74.2. The maximum Gasteiger partial charge on any atom is 0.333 e. The number of rotatable bonds is 15. The normalized spacial score (nSPS) is 9.09. The molecule has 4 N–H and O–H groups in total. The molecule has 0 saturated carbocycles. The van der Waals surface area contributed by atoms with Gasteiger partial charge in [-0.3, -0.25) is 77.3 Å². The van der Waals surface area contributed by atoms with Crippen LogP contribution in [0.4, 0.5) is 0 Å². The number of methoxy groups -OCH3 is 3. The van der Waals surface area contributed by atoms with E-state index < -0.39 is 23.4 Å². The van der Waals surface area contributed by atoms with E-state index >= 15 is 0 Å². The van der Waals surface area contributed by atoms with Gasteiger partial charge in [0, 0.05) is 83.0 Å². The third kappa shape index (κ3) is 116. The Morgan fingerprint density at radius 2 is 0.825 bits per heavy atom. The SMILES string of the molecule is C=C.C=C.C=C(CC(=O)OC)C(C)=O.C=C(CC(C)=O)C(=O)OC.C=CC.C=CC.C=CC.CC.CC.CC(=O)NC(C)(C)C(C)=O.CC(=O)NC(C)(C)c1ccccc1.CC(=O)NC(C)=O.CC(=O)c1ccc(C)cc1.CC(=O)c1ccccc1.CC(C)=O.CC=CNC(C)=O.CN1C(=O)C=CC1=O.COC(=O)/C=C\C(C)=O. The number of imide groups is 2. The van der Waals surface area contributed by atoms with Crippen LogP contribution in [0.1, 0.15) is 218 Å². The summed E-state index contributed by atoms with van der Waals surface area (Å²) in [7, 11) is 5.24. The van der Waals surface area contributed by atoms with E-state index in [2.05, 4.69) is 89.4 Å². The van der Waals surface area contributed by atoms with Gasteiger partial charge in [0.25, 0.3) is 11.8 Å². The molecule has 640 valence electrons. The molecule has 3 aromatic rings. The van der Waals surface area contributed by atoms with Gasteiger partial charge in [-0.15, -0.1) is 46.1 Å². The third-order valence-corrected chi connectivity index (χ3v) is 10.5. The molecule has 3 aromatic carbocycles. The van der Waals surface area contributed by atoms with E-state index in [1.165, 1.54) is 122 Å². The lowest BCUT2D eigenvalue weighted by Gasteiger charge is -2.26. The van der Waals surface area contributed by atoms with Gasteiger partial charge >= 0.3 is 17.9 Å². The molecule has 0 unspecified atom stereocenters. The fraction of sp³-hybridized carbons (Fsp3) is 0.382. The van der Waals surface area contributed by atoms with Crippen molar-refractivity contribution in [2.45, 2.75) is 204 Å². The number of benzene rings is 3. The summed E-state index contributed by atoms with van der Waals surface area (Å²) in [5.74, 6) is -2.84. The summed E-state index contributed by atoms with van der Waals surface area (Å²) in [5, 5.41) is 9.93. The van der Waals surface area contributed by atoms with E-state index in [1.807, 2.05) is 166 Å². The summed E-state index contributed by atoms with van der Waals surface area (Å²) >= 11 is 0. The van der Waals surface area contributed by atoms with Crippen LogP contribution in [-0.2, 0) is 91.7 Å². The quantitative estimate of drug-likeness (QED) is 0.0274. The van der Waals surface area contributed by atoms with Gasteiger partial charge in [0.15, 0.2) is 28.9 Å². The first-order valence-electron chi connectivity index (χ1n) is 35.2. The number of carbonyl (C=O) groups excluding carboxylic acids is 17. The first-order chi connectivity index (χ1) is 52.8. The van der Waals surface area contributed by atoms with E-state index in [-0.39, 0.29) is 111 Å². The summed E-state index contributed by atoms with van der Waals surface area (Å²) in [5.41, 5.74) is 3.35. The molecule has 7 amide bonds. The molecule has 1 heterocycles. The van der Waals surface area contributed by atoms with Gasteiger partial charge < -0.3 is 35.0 Å². The van der Waals surface area contributed by atoms with Gasteiger partial charge in [0.2, 0.25) is 29.5 Å². The van der Waals surface area contributed by atoms with Gasteiger partial charge in [0.05, 0.1) is 38.8 Å². The van der Waals surface area contributed by atoms with Crippen molar-refractivity contribution in [1.29, 1.82) is 0 Å². The number of aryl methyl sites for hydroxylation is 1. The molecule has 4 rings (SSSR count). The van der Waals surface area contributed by atoms with Crippen LogP contribution in [0, 0.1) is 6.92 Å². The molecule has 0 atom stereocenters. The minimum absolute atomic E-state index is 0.00569. The molecule has 0 aliphatic carbocycles. The van der Waals surface area contributed by atoms with Crippen LogP contribution in [-0.4, -0.2) is 139 Å². The lowest BCUT2D eigenvalue weighted by atomic mass is 9.94. The Labute approximate surface area is 683 Å². The number of Topliss-reactive ketones (excluding diaryl/α,β-unsaturated/α-hetero) is 6. The minimum Gasteiger partial charge on any atom is -0.469 e. The Morgan fingerprint density at radius 1 is 0.474 bits per heavy atom. The molecule has 25 heteroatoms. The zero-order valence-corrected chi connectivity index (χ0v) is 74.2. The lowest BCUT2D eigenvalue weighted by molar-refractivity contribution is -0.140. The number of hydrogen-bond acceptors (Lipinski definition) is 20. The molecule has 0 bridgehead atoms. The largest absolute Gasteiger partial charge is 0.469 e. The number of ether oxygens (including phenoxy) is 3. The highest BCUT2D eigenvalue weighted by Gasteiger charge is 2.24. The second-order valence-electron chi connectivity index (χ2n) is 22.4. The molecular weight excluding hydrogens is 1460 g/mol.